The van der Waals surface area contributed by atoms with Crippen molar-refractivity contribution in [2.45, 2.75) is 6.54 Å². The molecular formula is C15H16N2O. The highest BCUT2D eigenvalue weighted by Gasteiger charge is 2.00. The normalized spacial score (nSPS) is 9.78. The maximum absolute atomic E-state index is 11.6. The number of anilines is 1. The Morgan fingerprint density at radius 2 is 1.50 bits per heavy atom. The van der Waals surface area contributed by atoms with Crippen molar-refractivity contribution >= 4 is 11.6 Å². The van der Waals surface area contributed by atoms with Crippen LogP contribution in [0, 0.1) is 0 Å². The quantitative estimate of drug-likeness (QED) is 0.842. The van der Waals surface area contributed by atoms with Crippen LogP contribution in [0.5, 0.6) is 0 Å². The Hall–Kier alpha value is -2.29. The first-order chi connectivity index (χ1) is 8.84. The van der Waals surface area contributed by atoms with Crippen LogP contribution in [-0.4, -0.2) is 12.5 Å². The van der Waals surface area contributed by atoms with Gasteiger partial charge >= 0.3 is 0 Å². The number of nitrogens with one attached hydrogen (secondary N) is 2. The number of hydrogen-bond acceptors (Lipinski definition) is 2. The Kier molecular flexibility index (Phi) is 4.36. The van der Waals surface area contributed by atoms with Crippen molar-refractivity contribution in [2.75, 3.05) is 11.9 Å². The minimum absolute atomic E-state index is 0.0114. The maximum atomic E-state index is 11.6. The molecule has 0 fully saturated rings. The molecule has 0 aliphatic carbocycles. The van der Waals surface area contributed by atoms with Gasteiger partial charge in [-0.1, -0.05) is 48.5 Å². The standard InChI is InChI=1S/C15H16N2O/c18-15(12-16-14-9-5-2-6-10-14)17-11-13-7-3-1-4-8-13/h1-10,16H,11-12H2,(H,17,18). The monoisotopic (exact) mass is 240 g/mol. The Labute approximate surface area is 107 Å². The van der Waals surface area contributed by atoms with Gasteiger partial charge in [-0.05, 0) is 17.7 Å². The molecule has 3 nitrogen and oxygen atoms in total. The van der Waals surface area contributed by atoms with Crippen LogP contribution in [0.4, 0.5) is 5.69 Å². The molecule has 2 aromatic rings. The molecule has 2 N–H and O–H groups in total. The van der Waals surface area contributed by atoms with Gasteiger partial charge in [-0.15, -0.1) is 0 Å². The number of carbonyl (C=O) groups is 1. The second kappa shape index (κ2) is 6.45. The number of rotatable bonds is 5. The third kappa shape index (κ3) is 3.94. The molecule has 0 heterocycles. The van der Waals surface area contributed by atoms with Gasteiger partial charge in [0.25, 0.3) is 0 Å². The summed E-state index contributed by atoms with van der Waals surface area (Å²) >= 11 is 0. The lowest BCUT2D eigenvalue weighted by molar-refractivity contribution is -0.119. The molecule has 1 amide bonds. The predicted octanol–water partition coefficient (Wildman–Crippen LogP) is 2.41. The molecule has 3 heteroatoms. The van der Waals surface area contributed by atoms with E-state index in [2.05, 4.69) is 10.6 Å². The van der Waals surface area contributed by atoms with E-state index < -0.39 is 0 Å². The Morgan fingerprint density at radius 3 is 2.17 bits per heavy atom. The van der Waals surface area contributed by atoms with E-state index in [4.69, 9.17) is 0 Å². The van der Waals surface area contributed by atoms with Crippen LogP contribution in [-0.2, 0) is 11.3 Å². The first kappa shape index (κ1) is 12.2. The average molecular weight is 240 g/mol. The summed E-state index contributed by atoms with van der Waals surface area (Å²) in [5, 5.41) is 5.94. The summed E-state index contributed by atoms with van der Waals surface area (Å²) in [4.78, 5) is 11.6. The van der Waals surface area contributed by atoms with Gasteiger partial charge in [0.05, 0.1) is 6.54 Å². The van der Waals surface area contributed by atoms with Gasteiger partial charge in [0.2, 0.25) is 5.91 Å². The summed E-state index contributed by atoms with van der Waals surface area (Å²) in [7, 11) is 0. The number of hydrogen-bond donors (Lipinski definition) is 2. The van der Waals surface area contributed by atoms with Crippen molar-refractivity contribution in [1.82, 2.24) is 5.32 Å². The maximum Gasteiger partial charge on any atom is 0.239 e. The minimum atomic E-state index is -0.0114. The second-order valence-electron chi connectivity index (χ2n) is 3.98. The molecule has 0 aliphatic heterocycles. The van der Waals surface area contributed by atoms with Crippen LogP contribution in [0.1, 0.15) is 5.56 Å². The molecule has 0 radical (unpaired) electrons. The van der Waals surface area contributed by atoms with Crippen LogP contribution < -0.4 is 10.6 Å². The van der Waals surface area contributed by atoms with E-state index in [0.29, 0.717) is 6.54 Å². The van der Waals surface area contributed by atoms with Crippen molar-refractivity contribution < 1.29 is 4.79 Å². The predicted molar refractivity (Wildman–Crippen MR) is 73.2 cm³/mol. The molecule has 0 saturated carbocycles. The molecule has 2 aromatic carbocycles. The number of carbonyl (C=O) groups excluding carboxylic acids is 1. The molecule has 92 valence electrons. The first-order valence-corrected chi connectivity index (χ1v) is 5.94. The Morgan fingerprint density at radius 1 is 0.889 bits per heavy atom. The third-order valence-electron chi connectivity index (χ3n) is 2.56. The fraction of sp³-hybridized carbons (Fsp3) is 0.133. The minimum Gasteiger partial charge on any atom is -0.376 e. The molecule has 0 unspecified atom stereocenters. The molecule has 18 heavy (non-hydrogen) atoms. The SMILES string of the molecule is O=C(CNc1ccccc1)NCc1ccccc1. The summed E-state index contributed by atoms with van der Waals surface area (Å²) in [6.07, 6.45) is 0. The summed E-state index contributed by atoms with van der Waals surface area (Å²) in [5.41, 5.74) is 2.05. The lowest BCUT2D eigenvalue weighted by Crippen LogP contribution is -2.29. The number of benzene rings is 2. The molecule has 0 atom stereocenters. The van der Waals surface area contributed by atoms with E-state index >= 15 is 0 Å². The van der Waals surface area contributed by atoms with Gasteiger partial charge in [0.15, 0.2) is 0 Å². The van der Waals surface area contributed by atoms with E-state index in [9.17, 15) is 4.79 Å². The van der Waals surface area contributed by atoms with Crippen molar-refractivity contribution in [3.8, 4) is 0 Å². The smallest absolute Gasteiger partial charge is 0.239 e. The lowest BCUT2D eigenvalue weighted by atomic mass is 10.2. The van der Waals surface area contributed by atoms with Crippen molar-refractivity contribution in [3.05, 3.63) is 66.2 Å². The third-order valence-corrected chi connectivity index (χ3v) is 2.56. The Balaban J connectivity index is 1.73. The summed E-state index contributed by atoms with van der Waals surface area (Å²) in [5.74, 6) is -0.0114. The van der Waals surface area contributed by atoms with Crippen LogP contribution in [0.25, 0.3) is 0 Å². The summed E-state index contributed by atoms with van der Waals surface area (Å²) in [6, 6.07) is 19.6. The molecule has 0 aromatic heterocycles. The van der Waals surface area contributed by atoms with E-state index in [1.54, 1.807) is 0 Å². The van der Waals surface area contributed by atoms with Crippen LogP contribution in [0.15, 0.2) is 60.7 Å². The topological polar surface area (TPSA) is 41.1 Å². The molecule has 0 spiro atoms. The largest absolute Gasteiger partial charge is 0.376 e. The van der Waals surface area contributed by atoms with Gasteiger partial charge in [-0.3, -0.25) is 4.79 Å². The van der Waals surface area contributed by atoms with E-state index in [-0.39, 0.29) is 12.5 Å². The van der Waals surface area contributed by atoms with Crippen molar-refractivity contribution in [3.63, 3.8) is 0 Å². The van der Waals surface area contributed by atoms with Crippen LogP contribution >= 0.6 is 0 Å². The zero-order valence-corrected chi connectivity index (χ0v) is 10.1. The van der Waals surface area contributed by atoms with Gasteiger partial charge in [-0.25, -0.2) is 0 Å². The molecular weight excluding hydrogens is 224 g/mol. The van der Waals surface area contributed by atoms with Gasteiger partial charge in [-0.2, -0.15) is 0 Å². The number of para-hydroxylation sites is 1. The number of amides is 1. The van der Waals surface area contributed by atoms with Crippen molar-refractivity contribution in [1.29, 1.82) is 0 Å². The van der Waals surface area contributed by atoms with Gasteiger partial charge < -0.3 is 10.6 Å². The summed E-state index contributed by atoms with van der Waals surface area (Å²) in [6.45, 7) is 0.854. The molecule has 0 saturated heterocycles. The second-order valence-corrected chi connectivity index (χ2v) is 3.98. The van der Waals surface area contributed by atoms with E-state index in [0.717, 1.165) is 11.3 Å². The molecule has 2 rings (SSSR count). The summed E-state index contributed by atoms with van der Waals surface area (Å²) < 4.78 is 0. The lowest BCUT2D eigenvalue weighted by Gasteiger charge is -2.07. The fourth-order valence-corrected chi connectivity index (χ4v) is 1.60. The zero-order valence-electron chi connectivity index (χ0n) is 10.1. The Bertz CT molecular complexity index is 437. The molecule has 0 aliphatic rings. The van der Waals surface area contributed by atoms with Gasteiger partial charge in [0.1, 0.15) is 0 Å². The van der Waals surface area contributed by atoms with E-state index in [1.165, 1.54) is 0 Å². The average Bonchev–Trinajstić information content (AvgIpc) is 2.45. The highest BCUT2D eigenvalue weighted by atomic mass is 16.1. The van der Waals surface area contributed by atoms with Crippen LogP contribution in [0.2, 0.25) is 0 Å². The van der Waals surface area contributed by atoms with E-state index in [1.807, 2.05) is 60.7 Å². The van der Waals surface area contributed by atoms with Gasteiger partial charge in [0, 0.05) is 12.2 Å². The zero-order chi connectivity index (χ0) is 12.6. The highest BCUT2D eigenvalue weighted by Crippen LogP contribution is 2.03. The molecule has 0 bridgehead atoms. The highest BCUT2D eigenvalue weighted by molar-refractivity contribution is 5.80. The van der Waals surface area contributed by atoms with Crippen molar-refractivity contribution in [2.24, 2.45) is 0 Å². The van der Waals surface area contributed by atoms with Crippen LogP contribution in [0.3, 0.4) is 0 Å². The fourth-order valence-electron chi connectivity index (χ4n) is 1.60. The first-order valence-electron chi connectivity index (χ1n) is 5.94.